The van der Waals surface area contributed by atoms with E-state index in [0.717, 1.165) is 12.0 Å². The maximum Gasteiger partial charge on any atom is 0.243 e. The number of rotatable bonds is 3. The van der Waals surface area contributed by atoms with Crippen molar-refractivity contribution < 1.29 is 17.9 Å². The highest BCUT2D eigenvalue weighted by Crippen LogP contribution is 2.33. The summed E-state index contributed by atoms with van der Waals surface area (Å²) in [7, 11) is -3.44. The van der Waals surface area contributed by atoms with Gasteiger partial charge in [0, 0.05) is 25.9 Å². The zero-order chi connectivity index (χ0) is 16.5. The molecule has 128 valence electrons. The SMILES string of the molecule is CC(C)c1ccc(S(=O)(=O)N2CCC3(CC2)OCCCO3)cc1. The molecule has 2 fully saturated rings. The Kier molecular flexibility index (Phi) is 4.78. The second kappa shape index (κ2) is 6.51. The molecule has 1 aromatic carbocycles. The van der Waals surface area contributed by atoms with Crippen LogP contribution in [0.1, 0.15) is 44.6 Å². The van der Waals surface area contributed by atoms with Crippen molar-refractivity contribution in [1.29, 1.82) is 0 Å². The summed E-state index contributed by atoms with van der Waals surface area (Å²) in [5, 5.41) is 0. The first-order valence-electron chi connectivity index (χ1n) is 8.31. The first-order valence-corrected chi connectivity index (χ1v) is 9.75. The summed E-state index contributed by atoms with van der Waals surface area (Å²) in [4.78, 5) is 0.364. The highest BCUT2D eigenvalue weighted by Gasteiger charge is 2.41. The molecule has 2 saturated heterocycles. The fraction of sp³-hybridized carbons (Fsp3) is 0.647. The van der Waals surface area contributed by atoms with E-state index in [2.05, 4.69) is 13.8 Å². The Labute approximate surface area is 138 Å². The van der Waals surface area contributed by atoms with Gasteiger partial charge in [-0.1, -0.05) is 26.0 Å². The maximum atomic E-state index is 12.8. The zero-order valence-corrected chi connectivity index (χ0v) is 14.6. The normalized spacial score (nSPS) is 22.6. The molecule has 0 bridgehead atoms. The van der Waals surface area contributed by atoms with E-state index < -0.39 is 15.8 Å². The van der Waals surface area contributed by atoms with Gasteiger partial charge in [0.05, 0.1) is 18.1 Å². The third kappa shape index (κ3) is 3.45. The van der Waals surface area contributed by atoms with E-state index >= 15 is 0 Å². The van der Waals surface area contributed by atoms with Crippen LogP contribution in [-0.4, -0.2) is 44.8 Å². The monoisotopic (exact) mass is 339 g/mol. The minimum Gasteiger partial charge on any atom is -0.350 e. The van der Waals surface area contributed by atoms with Crippen LogP contribution in [0, 0.1) is 0 Å². The molecule has 3 rings (SSSR count). The van der Waals surface area contributed by atoms with Crippen molar-refractivity contribution in [1.82, 2.24) is 4.31 Å². The van der Waals surface area contributed by atoms with Crippen LogP contribution >= 0.6 is 0 Å². The quantitative estimate of drug-likeness (QED) is 0.850. The highest BCUT2D eigenvalue weighted by atomic mass is 32.2. The molecule has 0 aliphatic carbocycles. The van der Waals surface area contributed by atoms with E-state index in [1.54, 1.807) is 16.4 Å². The average Bonchev–Trinajstić information content (AvgIpc) is 2.56. The van der Waals surface area contributed by atoms with E-state index in [0.29, 0.717) is 50.0 Å². The smallest absolute Gasteiger partial charge is 0.243 e. The summed E-state index contributed by atoms with van der Waals surface area (Å²) in [6.07, 6.45) is 2.10. The number of sulfonamides is 1. The van der Waals surface area contributed by atoms with E-state index in [1.165, 1.54) is 0 Å². The number of piperidine rings is 1. The lowest BCUT2D eigenvalue weighted by molar-refractivity contribution is -0.280. The summed E-state index contributed by atoms with van der Waals surface area (Å²) >= 11 is 0. The molecule has 2 heterocycles. The fourth-order valence-corrected chi connectivity index (χ4v) is 4.59. The van der Waals surface area contributed by atoms with Crippen molar-refractivity contribution in [2.45, 2.75) is 49.7 Å². The van der Waals surface area contributed by atoms with Crippen LogP contribution in [0.4, 0.5) is 0 Å². The minimum absolute atomic E-state index is 0.364. The predicted octanol–water partition coefficient (Wildman–Crippen LogP) is 2.73. The lowest BCUT2D eigenvalue weighted by Gasteiger charge is -2.42. The lowest BCUT2D eigenvalue weighted by Crippen LogP contribution is -2.51. The van der Waals surface area contributed by atoms with Gasteiger partial charge in [-0.25, -0.2) is 8.42 Å². The number of benzene rings is 1. The predicted molar refractivity (Wildman–Crippen MR) is 87.8 cm³/mol. The Morgan fingerprint density at radius 1 is 1.04 bits per heavy atom. The molecule has 0 atom stereocenters. The number of nitrogens with zero attached hydrogens (tertiary/aromatic N) is 1. The second-order valence-corrected chi connectivity index (χ2v) is 8.53. The summed E-state index contributed by atoms with van der Waals surface area (Å²) < 4.78 is 38.7. The first kappa shape index (κ1) is 16.9. The van der Waals surface area contributed by atoms with Crippen LogP contribution in [0.2, 0.25) is 0 Å². The number of hydrogen-bond donors (Lipinski definition) is 0. The van der Waals surface area contributed by atoms with E-state index in [4.69, 9.17) is 9.47 Å². The standard InChI is InChI=1S/C17H25NO4S/c1-14(2)15-4-6-16(7-5-15)23(19,20)18-10-8-17(9-11-18)21-12-3-13-22-17/h4-7,14H,3,8-13H2,1-2H3. The van der Waals surface area contributed by atoms with Crippen LogP contribution in [0.3, 0.4) is 0 Å². The molecule has 2 aliphatic rings. The molecule has 0 amide bonds. The molecule has 23 heavy (non-hydrogen) atoms. The van der Waals surface area contributed by atoms with E-state index in [9.17, 15) is 8.42 Å². The van der Waals surface area contributed by atoms with E-state index in [-0.39, 0.29) is 0 Å². The Balaban J connectivity index is 1.71. The molecule has 0 aromatic heterocycles. The largest absolute Gasteiger partial charge is 0.350 e. The maximum absolute atomic E-state index is 12.8. The van der Waals surface area contributed by atoms with Crippen molar-refractivity contribution in [3.8, 4) is 0 Å². The molecule has 5 nitrogen and oxygen atoms in total. The average molecular weight is 339 g/mol. The molecule has 2 aliphatic heterocycles. The van der Waals surface area contributed by atoms with Gasteiger partial charge in [0.1, 0.15) is 0 Å². The van der Waals surface area contributed by atoms with Gasteiger partial charge >= 0.3 is 0 Å². The second-order valence-electron chi connectivity index (χ2n) is 6.59. The van der Waals surface area contributed by atoms with E-state index in [1.807, 2.05) is 12.1 Å². The van der Waals surface area contributed by atoms with Crippen LogP contribution in [0.5, 0.6) is 0 Å². The molecular weight excluding hydrogens is 314 g/mol. The summed E-state index contributed by atoms with van der Waals surface area (Å²) in [5.74, 6) is -0.173. The Bertz CT molecular complexity index is 623. The molecular formula is C17H25NO4S. The molecule has 1 spiro atoms. The van der Waals surface area contributed by atoms with Crippen molar-refractivity contribution in [2.24, 2.45) is 0 Å². The molecule has 0 N–H and O–H groups in total. The van der Waals surface area contributed by atoms with Crippen molar-refractivity contribution in [2.75, 3.05) is 26.3 Å². The highest BCUT2D eigenvalue weighted by molar-refractivity contribution is 7.89. The van der Waals surface area contributed by atoms with Crippen molar-refractivity contribution in [3.63, 3.8) is 0 Å². The van der Waals surface area contributed by atoms with Gasteiger partial charge in [-0.05, 0) is 30.0 Å². The lowest BCUT2D eigenvalue weighted by atomic mass is 10.0. The summed E-state index contributed by atoms with van der Waals surface area (Å²) in [5.41, 5.74) is 1.14. The topological polar surface area (TPSA) is 55.8 Å². The molecule has 0 saturated carbocycles. The zero-order valence-electron chi connectivity index (χ0n) is 13.8. The number of hydrogen-bond acceptors (Lipinski definition) is 4. The number of ether oxygens (including phenoxy) is 2. The molecule has 1 aromatic rings. The third-order valence-electron chi connectivity index (χ3n) is 4.69. The fourth-order valence-electron chi connectivity index (χ4n) is 3.15. The van der Waals surface area contributed by atoms with Gasteiger partial charge in [-0.3, -0.25) is 0 Å². The van der Waals surface area contributed by atoms with Crippen molar-refractivity contribution in [3.05, 3.63) is 29.8 Å². The minimum atomic E-state index is -3.44. The van der Waals surface area contributed by atoms with Crippen LogP contribution in [0.15, 0.2) is 29.2 Å². The van der Waals surface area contributed by atoms with Gasteiger partial charge in [0.15, 0.2) is 5.79 Å². The third-order valence-corrected chi connectivity index (χ3v) is 6.60. The van der Waals surface area contributed by atoms with Gasteiger partial charge in [0.25, 0.3) is 0 Å². The Hall–Kier alpha value is -0.950. The van der Waals surface area contributed by atoms with Gasteiger partial charge in [0.2, 0.25) is 10.0 Å². The van der Waals surface area contributed by atoms with Crippen LogP contribution in [0.25, 0.3) is 0 Å². The van der Waals surface area contributed by atoms with Crippen molar-refractivity contribution >= 4 is 10.0 Å². The van der Waals surface area contributed by atoms with Crippen LogP contribution in [-0.2, 0) is 19.5 Å². The molecule has 0 unspecified atom stereocenters. The van der Waals surface area contributed by atoms with Gasteiger partial charge in [-0.15, -0.1) is 0 Å². The Morgan fingerprint density at radius 2 is 1.61 bits per heavy atom. The molecule has 0 radical (unpaired) electrons. The molecule has 6 heteroatoms. The summed E-state index contributed by atoms with van der Waals surface area (Å²) in [6, 6.07) is 7.22. The Morgan fingerprint density at radius 3 is 2.13 bits per heavy atom. The van der Waals surface area contributed by atoms with Gasteiger partial charge < -0.3 is 9.47 Å². The first-order chi connectivity index (χ1) is 10.9. The van der Waals surface area contributed by atoms with Gasteiger partial charge in [-0.2, -0.15) is 4.31 Å². The van der Waals surface area contributed by atoms with Crippen LogP contribution < -0.4 is 0 Å². The summed E-state index contributed by atoms with van der Waals surface area (Å²) in [6.45, 7) is 6.46.